The van der Waals surface area contributed by atoms with Crippen LogP contribution in [0.5, 0.6) is 0 Å². The summed E-state index contributed by atoms with van der Waals surface area (Å²) in [7, 11) is 0. The molecular formula is C17H13ClFN3O2. The molecule has 0 unspecified atom stereocenters. The molecule has 0 spiro atoms. The number of benzene rings is 2. The van der Waals surface area contributed by atoms with Crippen molar-refractivity contribution in [3.8, 4) is 0 Å². The predicted octanol–water partition coefficient (Wildman–Crippen LogP) is 3.46. The Bertz CT molecular complexity index is 1000. The Balaban J connectivity index is 2.12. The quantitative estimate of drug-likeness (QED) is 0.790. The van der Waals surface area contributed by atoms with E-state index in [1.54, 1.807) is 18.2 Å². The highest BCUT2D eigenvalue weighted by atomic mass is 35.5. The van der Waals surface area contributed by atoms with Crippen LogP contribution in [0.3, 0.4) is 0 Å². The molecule has 1 amide bonds. The van der Waals surface area contributed by atoms with Gasteiger partial charge in [-0.3, -0.25) is 14.3 Å². The minimum atomic E-state index is -0.769. The van der Waals surface area contributed by atoms with Gasteiger partial charge in [0.2, 0.25) is 5.43 Å². The lowest BCUT2D eigenvalue weighted by molar-refractivity contribution is 0.101. The smallest absolute Gasteiger partial charge is 0.280 e. The minimum absolute atomic E-state index is 0.0158. The highest BCUT2D eigenvalue weighted by molar-refractivity contribution is 6.31. The van der Waals surface area contributed by atoms with Gasteiger partial charge in [-0.1, -0.05) is 23.7 Å². The van der Waals surface area contributed by atoms with Gasteiger partial charge in [-0.2, -0.15) is 5.10 Å². The number of hydrogen-bond donors (Lipinski definition) is 1. The van der Waals surface area contributed by atoms with Gasteiger partial charge in [0, 0.05) is 11.6 Å². The summed E-state index contributed by atoms with van der Waals surface area (Å²) >= 11 is 5.95. The van der Waals surface area contributed by atoms with Crippen LogP contribution in [0, 0.1) is 5.82 Å². The van der Waals surface area contributed by atoms with E-state index in [1.165, 1.54) is 28.9 Å². The molecule has 122 valence electrons. The van der Waals surface area contributed by atoms with E-state index in [0.717, 1.165) is 0 Å². The number of carbonyl (C=O) groups excluding carboxylic acids is 1. The second kappa shape index (κ2) is 6.41. The average molecular weight is 346 g/mol. The molecule has 0 radical (unpaired) electrons. The van der Waals surface area contributed by atoms with Crippen molar-refractivity contribution in [1.82, 2.24) is 9.78 Å². The number of aromatic nitrogens is 2. The fraction of sp³-hybridized carbons (Fsp3) is 0.118. The standard InChI is InChI=1S/C17H13ClFN3O2/c1-2-22-14-8-7-10(18)9-11(14)16(23)15(21-22)17(24)20-13-6-4-3-5-12(13)19/h3-9H,2H2,1H3,(H,20,24). The Morgan fingerprint density at radius 1 is 1.29 bits per heavy atom. The van der Waals surface area contributed by atoms with Crippen LogP contribution >= 0.6 is 11.6 Å². The molecular weight excluding hydrogens is 333 g/mol. The number of halogens is 2. The monoisotopic (exact) mass is 345 g/mol. The summed E-state index contributed by atoms with van der Waals surface area (Å²) in [5, 5.41) is 7.15. The number of aryl methyl sites for hydroxylation is 1. The molecule has 1 aromatic heterocycles. The van der Waals surface area contributed by atoms with Crippen molar-refractivity contribution < 1.29 is 9.18 Å². The van der Waals surface area contributed by atoms with E-state index in [1.807, 2.05) is 6.92 Å². The molecule has 0 atom stereocenters. The molecule has 1 heterocycles. The minimum Gasteiger partial charge on any atom is -0.318 e. The summed E-state index contributed by atoms with van der Waals surface area (Å²) in [6.07, 6.45) is 0. The lowest BCUT2D eigenvalue weighted by Gasteiger charge is -2.11. The second-order valence-electron chi connectivity index (χ2n) is 5.09. The Kier molecular flexibility index (Phi) is 4.31. The van der Waals surface area contributed by atoms with E-state index in [9.17, 15) is 14.0 Å². The van der Waals surface area contributed by atoms with Gasteiger partial charge in [0.15, 0.2) is 5.69 Å². The van der Waals surface area contributed by atoms with E-state index in [4.69, 9.17) is 11.6 Å². The van der Waals surface area contributed by atoms with Crippen molar-refractivity contribution >= 4 is 34.1 Å². The van der Waals surface area contributed by atoms with Crippen molar-refractivity contribution in [3.63, 3.8) is 0 Å². The van der Waals surface area contributed by atoms with Gasteiger partial charge >= 0.3 is 0 Å². The lowest BCUT2D eigenvalue weighted by atomic mass is 10.2. The molecule has 2 aromatic carbocycles. The molecule has 3 rings (SSSR count). The van der Waals surface area contributed by atoms with E-state index >= 15 is 0 Å². The van der Waals surface area contributed by atoms with Crippen LogP contribution in [0.1, 0.15) is 17.4 Å². The van der Waals surface area contributed by atoms with Crippen molar-refractivity contribution in [2.45, 2.75) is 13.5 Å². The lowest BCUT2D eigenvalue weighted by Crippen LogP contribution is -2.27. The van der Waals surface area contributed by atoms with Crippen LogP contribution in [-0.2, 0) is 6.54 Å². The molecule has 0 fully saturated rings. The van der Waals surface area contributed by atoms with E-state index in [0.29, 0.717) is 17.1 Å². The number of hydrogen-bond acceptors (Lipinski definition) is 3. The third kappa shape index (κ3) is 2.88. The first-order chi connectivity index (χ1) is 11.5. The molecule has 0 aliphatic carbocycles. The van der Waals surface area contributed by atoms with Crippen LogP contribution in [0.4, 0.5) is 10.1 Å². The molecule has 0 saturated heterocycles. The van der Waals surface area contributed by atoms with E-state index in [2.05, 4.69) is 10.4 Å². The first-order valence-corrected chi connectivity index (χ1v) is 7.65. The van der Waals surface area contributed by atoms with Crippen molar-refractivity contribution in [2.75, 3.05) is 5.32 Å². The van der Waals surface area contributed by atoms with Gasteiger partial charge < -0.3 is 5.32 Å². The number of rotatable bonds is 3. The van der Waals surface area contributed by atoms with Gasteiger partial charge in [0.1, 0.15) is 5.82 Å². The van der Waals surface area contributed by atoms with Gasteiger partial charge in [-0.25, -0.2) is 4.39 Å². The molecule has 0 aliphatic rings. The first-order valence-electron chi connectivity index (χ1n) is 7.27. The third-order valence-corrected chi connectivity index (χ3v) is 3.79. The van der Waals surface area contributed by atoms with E-state index in [-0.39, 0.29) is 16.8 Å². The molecule has 3 aromatic rings. The topological polar surface area (TPSA) is 64.0 Å². The number of anilines is 1. The molecule has 0 aliphatic heterocycles. The normalized spacial score (nSPS) is 10.8. The average Bonchev–Trinajstić information content (AvgIpc) is 2.57. The molecule has 0 saturated carbocycles. The maximum Gasteiger partial charge on any atom is 0.280 e. The van der Waals surface area contributed by atoms with Crippen molar-refractivity contribution in [3.05, 3.63) is 69.2 Å². The maximum absolute atomic E-state index is 13.7. The van der Waals surface area contributed by atoms with Crippen molar-refractivity contribution in [2.24, 2.45) is 0 Å². The zero-order valence-electron chi connectivity index (χ0n) is 12.7. The summed E-state index contributed by atoms with van der Waals surface area (Å²) in [4.78, 5) is 25.0. The Labute approximate surface area is 141 Å². The number of fused-ring (bicyclic) bond motifs is 1. The highest BCUT2D eigenvalue weighted by Crippen LogP contribution is 2.17. The molecule has 1 N–H and O–H groups in total. The number of nitrogens with zero attached hydrogens (tertiary/aromatic N) is 2. The van der Waals surface area contributed by atoms with Crippen LogP contribution in [0.15, 0.2) is 47.3 Å². The number of para-hydroxylation sites is 1. The van der Waals surface area contributed by atoms with Crippen LogP contribution in [0.25, 0.3) is 10.9 Å². The zero-order valence-corrected chi connectivity index (χ0v) is 13.5. The fourth-order valence-corrected chi connectivity index (χ4v) is 2.57. The number of nitrogens with one attached hydrogen (secondary N) is 1. The summed E-state index contributed by atoms with van der Waals surface area (Å²) in [5.74, 6) is -1.36. The fourth-order valence-electron chi connectivity index (χ4n) is 2.40. The maximum atomic E-state index is 13.7. The van der Waals surface area contributed by atoms with Crippen LogP contribution in [-0.4, -0.2) is 15.7 Å². The summed E-state index contributed by atoms with van der Waals surface area (Å²) < 4.78 is 15.2. The SMILES string of the molecule is CCn1nc(C(=O)Nc2ccccc2F)c(=O)c2cc(Cl)ccc21. The highest BCUT2D eigenvalue weighted by Gasteiger charge is 2.18. The predicted molar refractivity (Wildman–Crippen MR) is 91.0 cm³/mol. The summed E-state index contributed by atoms with van der Waals surface area (Å²) in [6.45, 7) is 2.29. The van der Waals surface area contributed by atoms with Crippen LogP contribution in [0.2, 0.25) is 5.02 Å². The van der Waals surface area contributed by atoms with Gasteiger partial charge in [-0.05, 0) is 37.3 Å². The molecule has 7 heteroatoms. The van der Waals surface area contributed by atoms with E-state index < -0.39 is 17.2 Å². The van der Waals surface area contributed by atoms with Gasteiger partial charge in [0.25, 0.3) is 5.91 Å². The third-order valence-electron chi connectivity index (χ3n) is 3.55. The molecule has 24 heavy (non-hydrogen) atoms. The van der Waals surface area contributed by atoms with Crippen LogP contribution < -0.4 is 10.7 Å². The first kappa shape index (κ1) is 16.1. The molecule has 5 nitrogen and oxygen atoms in total. The van der Waals surface area contributed by atoms with Gasteiger partial charge in [0.05, 0.1) is 16.6 Å². The largest absolute Gasteiger partial charge is 0.318 e. The number of carbonyl (C=O) groups is 1. The second-order valence-corrected chi connectivity index (χ2v) is 5.53. The summed E-state index contributed by atoms with van der Waals surface area (Å²) in [6, 6.07) is 10.5. The summed E-state index contributed by atoms with van der Waals surface area (Å²) in [5.41, 5.74) is -0.298. The molecule has 0 bridgehead atoms. The van der Waals surface area contributed by atoms with Gasteiger partial charge in [-0.15, -0.1) is 0 Å². The zero-order chi connectivity index (χ0) is 17.3. The number of amides is 1. The Morgan fingerprint density at radius 3 is 2.75 bits per heavy atom. The Hall–Kier alpha value is -2.73. The van der Waals surface area contributed by atoms with Crippen molar-refractivity contribution in [1.29, 1.82) is 0 Å². The Morgan fingerprint density at radius 2 is 2.04 bits per heavy atom.